The number of furan rings is 2. The molecule has 0 saturated heterocycles. The summed E-state index contributed by atoms with van der Waals surface area (Å²) in [6.07, 6.45) is 5.14. The van der Waals surface area contributed by atoms with E-state index in [4.69, 9.17) is 8.83 Å². The van der Waals surface area contributed by atoms with Crippen LogP contribution in [0.3, 0.4) is 0 Å². The lowest BCUT2D eigenvalue weighted by Gasteiger charge is -2.06. The molecular weight excluding hydrogens is 291 g/mol. The summed E-state index contributed by atoms with van der Waals surface area (Å²) in [5.41, 5.74) is 5.92. The van der Waals surface area contributed by atoms with Crippen molar-refractivity contribution in [2.45, 2.75) is 26.7 Å². The van der Waals surface area contributed by atoms with Gasteiger partial charge in [0.2, 0.25) is 0 Å². The van der Waals surface area contributed by atoms with E-state index in [1.165, 1.54) is 22.6 Å². The standard InChI is InChI=1S/C20H17FO2/c1-12-10-22-19-13(2)14(8-9-16(12)19)6-7-15-11-23-20-17(15)4-3-5-18(20)21/h3-5,8-11H,6-7H2,1-2H3. The number of aryl methyl sites for hydroxylation is 4. The minimum absolute atomic E-state index is 0.308. The van der Waals surface area contributed by atoms with Crippen molar-refractivity contribution in [3.8, 4) is 0 Å². The molecule has 2 nitrogen and oxygen atoms in total. The molecule has 0 aliphatic carbocycles. The number of hydrogen-bond acceptors (Lipinski definition) is 2. The van der Waals surface area contributed by atoms with E-state index in [0.717, 1.165) is 34.9 Å². The van der Waals surface area contributed by atoms with Gasteiger partial charge in [-0.05, 0) is 55.0 Å². The highest BCUT2D eigenvalue weighted by molar-refractivity contribution is 5.84. The fourth-order valence-corrected chi connectivity index (χ4v) is 3.21. The Morgan fingerprint density at radius 2 is 1.61 bits per heavy atom. The Hall–Kier alpha value is -2.55. The number of rotatable bonds is 3. The molecule has 0 aliphatic heterocycles. The van der Waals surface area contributed by atoms with Gasteiger partial charge in [0, 0.05) is 10.8 Å². The molecule has 0 bridgehead atoms. The van der Waals surface area contributed by atoms with E-state index < -0.39 is 0 Å². The molecule has 2 aromatic carbocycles. The van der Waals surface area contributed by atoms with Crippen molar-refractivity contribution in [2.24, 2.45) is 0 Å². The lowest BCUT2D eigenvalue weighted by molar-refractivity contribution is 0.558. The molecule has 0 saturated carbocycles. The zero-order chi connectivity index (χ0) is 16.0. The Balaban J connectivity index is 1.66. The highest BCUT2D eigenvalue weighted by Gasteiger charge is 2.12. The van der Waals surface area contributed by atoms with Gasteiger partial charge in [0.25, 0.3) is 0 Å². The average molecular weight is 308 g/mol. The number of para-hydroxylation sites is 1. The van der Waals surface area contributed by atoms with Gasteiger partial charge in [0.15, 0.2) is 11.4 Å². The summed E-state index contributed by atoms with van der Waals surface area (Å²) in [5.74, 6) is -0.308. The fraction of sp³-hybridized carbons (Fsp3) is 0.200. The third-order valence-electron chi connectivity index (χ3n) is 4.59. The van der Waals surface area contributed by atoms with Crippen molar-refractivity contribution in [2.75, 3.05) is 0 Å². The molecule has 0 atom stereocenters. The predicted molar refractivity (Wildman–Crippen MR) is 89.3 cm³/mol. The Morgan fingerprint density at radius 1 is 0.826 bits per heavy atom. The number of benzene rings is 2. The van der Waals surface area contributed by atoms with Gasteiger partial charge in [0.1, 0.15) is 5.58 Å². The van der Waals surface area contributed by atoms with Crippen molar-refractivity contribution >= 4 is 21.9 Å². The molecule has 4 aromatic rings. The van der Waals surface area contributed by atoms with E-state index in [-0.39, 0.29) is 5.82 Å². The van der Waals surface area contributed by atoms with Crippen molar-refractivity contribution in [1.82, 2.24) is 0 Å². The van der Waals surface area contributed by atoms with Gasteiger partial charge in [-0.1, -0.05) is 24.3 Å². The maximum atomic E-state index is 13.7. The molecule has 0 radical (unpaired) electrons. The zero-order valence-corrected chi connectivity index (χ0v) is 13.2. The van der Waals surface area contributed by atoms with E-state index in [2.05, 4.69) is 26.0 Å². The fourth-order valence-electron chi connectivity index (χ4n) is 3.21. The molecule has 23 heavy (non-hydrogen) atoms. The van der Waals surface area contributed by atoms with Crippen molar-refractivity contribution < 1.29 is 13.2 Å². The average Bonchev–Trinajstić information content (AvgIpc) is 3.12. The summed E-state index contributed by atoms with van der Waals surface area (Å²) >= 11 is 0. The molecule has 0 unspecified atom stereocenters. The number of halogens is 1. The number of fused-ring (bicyclic) bond motifs is 2. The summed E-state index contributed by atoms with van der Waals surface area (Å²) in [5, 5.41) is 2.03. The Kier molecular flexibility index (Phi) is 3.22. The van der Waals surface area contributed by atoms with Crippen LogP contribution in [0.1, 0.15) is 22.3 Å². The molecule has 0 fully saturated rings. The van der Waals surface area contributed by atoms with Crippen molar-refractivity contribution in [1.29, 1.82) is 0 Å². The Morgan fingerprint density at radius 3 is 2.48 bits per heavy atom. The largest absolute Gasteiger partial charge is 0.464 e. The second-order valence-corrected chi connectivity index (χ2v) is 6.02. The maximum absolute atomic E-state index is 13.7. The topological polar surface area (TPSA) is 26.3 Å². The lowest BCUT2D eigenvalue weighted by Crippen LogP contribution is -1.94. The summed E-state index contributed by atoms with van der Waals surface area (Å²) in [6.45, 7) is 4.14. The molecular formula is C20H17FO2. The van der Waals surface area contributed by atoms with Crippen LogP contribution in [0.15, 0.2) is 51.7 Å². The molecule has 0 N–H and O–H groups in total. The smallest absolute Gasteiger partial charge is 0.169 e. The Bertz CT molecular complexity index is 1010. The van der Waals surface area contributed by atoms with Crippen LogP contribution in [0.2, 0.25) is 0 Å². The molecule has 0 aliphatic rings. The molecule has 2 heterocycles. The van der Waals surface area contributed by atoms with E-state index >= 15 is 0 Å². The number of hydrogen-bond donors (Lipinski definition) is 0. The summed E-state index contributed by atoms with van der Waals surface area (Å²) < 4.78 is 24.8. The quantitative estimate of drug-likeness (QED) is 0.484. The summed E-state index contributed by atoms with van der Waals surface area (Å²) in [7, 11) is 0. The predicted octanol–water partition coefficient (Wildman–Crippen LogP) is 5.72. The van der Waals surface area contributed by atoms with Crippen LogP contribution in [0.4, 0.5) is 4.39 Å². The highest BCUT2D eigenvalue weighted by Crippen LogP contribution is 2.28. The molecule has 2 aromatic heterocycles. The van der Waals surface area contributed by atoms with Gasteiger partial charge in [-0.15, -0.1) is 0 Å². The summed E-state index contributed by atoms with van der Waals surface area (Å²) in [4.78, 5) is 0. The monoisotopic (exact) mass is 308 g/mol. The summed E-state index contributed by atoms with van der Waals surface area (Å²) in [6, 6.07) is 9.32. The first-order valence-electron chi connectivity index (χ1n) is 7.76. The van der Waals surface area contributed by atoms with Gasteiger partial charge in [-0.25, -0.2) is 4.39 Å². The van der Waals surface area contributed by atoms with E-state index in [1.54, 1.807) is 18.6 Å². The van der Waals surface area contributed by atoms with Gasteiger partial charge in [-0.2, -0.15) is 0 Å². The second kappa shape index (κ2) is 5.27. The first kappa shape index (κ1) is 14.1. The van der Waals surface area contributed by atoms with Crippen LogP contribution in [-0.4, -0.2) is 0 Å². The van der Waals surface area contributed by atoms with Gasteiger partial charge in [0.05, 0.1) is 12.5 Å². The van der Waals surface area contributed by atoms with Gasteiger partial charge < -0.3 is 8.83 Å². The minimum atomic E-state index is -0.308. The van der Waals surface area contributed by atoms with Crippen LogP contribution >= 0.6 is 0 Å². The Labute approximate surface area is 133 Å². The first-order valence-corrected chi connectivity index (χ1v) is 7.76. The molecule has 3 heteroatoms. The minimum Gasteiger partial charge on any atom is -0.464 e. The normalized spacial score (nSPS) is 11.6. The van der Waals surface area contributed by atoms with E-state index in [0.29, 0.717) is 5.58 Å². The molecule has 116 valence electrons. The zero-order valence-electron chi connectivity index (χ0n) is 13.2. The molecule has 4 rings (SSSR count). The van der Waals surface area contributed by atoms with E-state index in [9.17, 15) is 4.39 Å². The van der Waals surface area contributed by atoms with Gasteiger partial charge >= 0.3 is 0 Å². The van der Waals surface area contributed by atoms with Crippen LogP contribution in [0, 0.1) is 19.7 Å². The third kappa shape index (κ3) is 2.24. The van der Waals surface area contributed by atoms with Crippen LogP contribution < -0.4 is 0 Å². The molecule has 0 spiro atoms. The molecule has 0 amide bonds. The SMILES string of the molecule is Cc1coc2c(C)c(CCc3coc4c(F)cccc34)ccc12. The van der Waals surface area contributed by atoms with Gasteiger partial charge in [-0.3, -0.25) is 0 Å². The van der Waals surface area contributed by atoms with Crippen LogP contribution in [0.5, 0.6) is 0 Å². The first-order chi connectivity index (χ1) is 11.1. The maximum Gasteiger partial charge on any atom is 0.169 e. The highest BCUT2D eigenvalue weighted by atomic mass is 19.1. The van der Waals surface area contributed by atoms with E-state index in [1.807, 2.05) is 6.07 Å². The second-order valence-electron chi connectivity index (χ2n) is 6.02. The van der Waals surface area contributed by atoms with Crippen molar-refractivity contribution in [3.63, 3.8) is 0 Å². The van der Waals surface area contributed by atoms with Crippen LogP contribution in [-0.2, 0) is 12.8 Å². The van der Waals surface area contributed by atoms with Crippen molar-refractivity contribution in [3.05, 3.63) is 70.9 Å². The lowest BCUT2D eigenvalue weighted by atomic mass is 9.98. The van der Waals surface area contributed by atoms with Crippen LogP contribution in [0.25, 0.3) is 21.9 Å². The third-order valence-corrected chi connectivity index (χ3v) is 4.59.